The van der Waals surface area contributed by atoms with E-state index >= 15 is 0 Å². The van der Waals surface area contributed by atoms with Crippen molar-refractivity contribution in [1.29, 1.82) is 5.26 Å². The first-order chi connectivity index (χ1) is 11.5. The lowest BCUT2D eigenvalue weighted by atomic mass is 10.1. The highest BCUT2D eigenvalue weighted by Gasteiger charge is 2.15. The molecule has 0 unspecified atom stereocenters. The summed E-state index contributed by atoms with van der Waals surface area (Å²) in [5, 5.41) is 20.7. The number of amidine groups is 1. The number of aliphatic imine (C=N–C) groups is 1. The van der Waals surface area contributed by atoms with Crippen LogP contribution in [0.15, 0.2) is 64.8 Å². The standard InChI is InChI=1S/C18H19N5O/c1-12(20)15(10-19)18(23-14-5-3-2-4-6-14)22-11-13-7-8-17(24)16(21)9-13/h2-9,24H,11,20-21H2,1H3,(H,22,23)/p+1. The van der Waals surface area contributed by atoms with E-state index < -0.39 is 0 Å². The largest absolute Gasteiger partial charge is 0.506 e. The predicted octanol–water partition coefficient (Wildman–Crippen LogP) is 1.52. The monoisotopic (exact) mass is 322 g/mol. The van der Waals surface area contributed by atoms with E-state index in [0.29, 0.717) is 29.3 Å². The van der Waals surface area contributed by atoms with Crippen LogP contribution in [-0.2, 0) is 6.54 Å². The summed E-state index contributed by atoms with van der Waals surface area (Å²) in [5.74, 6) is 0.546. The third-order valence-electron chi connectivity index (χ3n) is 3.39. The van der Waals surface area contributed by atoms with Crippen molar-refractivity contribution in [2.45, 2.75) is 13.5 Å². The molecule has 122 valence electrons. The van der Waals surface area contributed by atoms with Crippen molar-refractivity contribution in [3.8, 4) is 11.8 Å². The van der Waals surface area contributed by atoms with Crippen LogP contribution in [0.5, 0.6) is 5.75 Å². The van der Waals surface area contributed by atoms with E-state index in [2.05, 4.69) is 11.1 Å². The lowest BCUT2D eigenvalue weighted by Gasteiger charge is -2.06. The van der Waals surface area contributed by atoms with E-state index in [4.69, 9.17) is 11.5 Å². The molecule has 0 aliphatic rings. The zero-order chi connectivity index (χ0) is 17.5. The highest BCUT2D eigenvalue weighted by Crippen LogP contribution is 2.20. The first-order valence-electron chi connectivity index (χ1n) is 7.39. The number of anilines is 1. The maximum absolute atomic E-state index is 9.48. The van der Waals surface area contributed by atoms with Crippen LogP contribution >= 0.6 is 0 Å². The van der Waals surface area contributed by atoms with Crippen LogP contribution in [0.1, 0.15) is 12.5 Å². The van der Waals surface area contributed by atoms with Gasteiger partial charge in [-0.25, -0.2) is 4.99 Å². The van der Waals surface area contributed by atoms with Gasteiger partial charge in [0.25, 0.3) is 0 Å². The van der Waals surface area contributed by atoms with Gasteiger partial charge in [0.05, 0.1) is 12.2 Å². The van der Waals surface area contributed by atoms with E-state index in [1.807, 2.05) is 35.6 Å². The Labute approximate surface area is 140 Å². The summed E-state index contributed by atoms with van der Waals surface area (Å²) in [6.45, 7) is 1.99. The van der Waals surface area contributed by atoms with Crippen molar-refractivity contribution >= 4 is 17.2 Å². The van der Waals surface area contributed by atoms with Crippen LogP contribution in [0, 0.1) is 11.3 Å². The summed E-state index contributed by atoms with van der Waals surface area (Å²) in [5.41, 5.74) is 14.3. The molecule has 0 saturated heterocycles. The van der Waals surface area contributed by atoms with Gasteiger partial charge in [-0.05, 0) is 36.8 Å². The van der Waals surface area contributed by atoms with Crippen molar-refractivity contribution in [1.82, 2.24) is 0 Å². The molecule has 7 N–H and O–H groups in total. The summed E-state index contributed by atoms with van der Waals surface area (Å²) < 4.78 is 0. The van der Waals surface area contributed by atoms with E-state index in [1.54, 1.807) is 19.1 Å². The summed E-state index contributed by atoms with van der Waals surface area (Å²) in [4.78, 5) is 4.52. The Morgan fingerprint density at radius 1 is 1.25 bits per heavy atom. The maximum Gasteiger partial charge on any atom is 0.245 e. The number of nitrogen functional groups attached to an aromatic ring is 1. The third-order valence-corrected chi connectivity index (χ3v) is 3.39. The molecule has 0 saturated carbocycles. The number of aromatic hydroxyl groups is 1. The molecule has 6 nitrogen and oxygen atoms in total. The number of nitrogens with two attached hydrogens (primary N) is 3. The van der Waals surface area contributed by atoms with E-state index in [1.165, 1.54) is 6.07 Å². The average molecular weight is 322 g/mol. The SMILES string of the molecule is CC(N)=C(C#N)C(=NCc1ccc(O)c(N)c1)[NH2+]c1ccccc1. The molecule has 0 aliphatic carbocycles. The molecule has 0 bridgehead atoms. The molecule has 0 radical (unpaired) electrons. The fourth-order valence-electron chi connectivity index (χ4n) is 2.13. The highest BCUT2D eigenvalue weighted by molar-refractivity contribution is 5.96. The van der Waals surface area contributed by atoms with Crippen LogP contribution in [0.3, 0.4) is 0 Å². The molecule has 0 heterocycles. The molecule has 0 fully saturated rings. The molecular formula is C18H20N5O+. The van der Waals surface area contributed by atoms with Gasteiger partial charge in [0.2, 0.25) is 5.84 Å². The second kappa shape index (κ2) is 7.81. The van der Waals surface area contributed by atoms with Crippen molar-refractivity contribution in [3.63, 3.8) is 0 Å². The molecule has 6 heteroatoms. The molecule has 0 amide bonds. The van der Waals surface area contributed by atoms with E-state index in [9.17, 15) is 10.4 Å². The maximum atomic E-state index is 9.48. The van der Waals surface area contributed by atoms with Crippen LogP contribution < -0.4 is 16.8 Å². The smallest absolute Gasteiger partial charge is 0.245 e. The van der Waals surface area contributed by atoms with Crippen LogP contribution in [0.2, 0.25) is 0 Å². The molecule has 0 spiro atoms. The van der Waals surface area contributed by atoms with Gasteiger partial charge in [0, 0.05) is 5.70 Å². The number of allylic oxidation sites excluding steroid dienone is 1. The fourth-order valence-corrected chi connectivity index (χ4v) is 2.13. The Morgan fingerprint density at radius 2 is 1.96 bits per heavy atom. The summed E-state index contributed by atoms with van der Waals surface area (Å²) in [6.07, 6.45) is 0. The highest BCUT2D eigenvalue weighted by atomic mass is 16.3. The molecule has 24 heavy (non-hydrogen) atoms. The van der Waals surface area contributed by atoms with Gasteiger partial charge < -0.3 is 16.6 Å². The van der Waals surface area contributed by atoms with Crippen LogP contribution in [0.25, 0.3) is 0 Å². The number of phenols is 1. The topological polar surface area (TPSA) is 125 Å². The van der Waals surface area contributed by atoms with Crippen molar-refractivity contribution in [2.24, 2.45) is 10.7 Å². The summed E-state index contributed by atoms with van der Waals surface area (Å²) in [7, 11) is 0. The van der Waals surface area contributed by atoms with Gasteiger partial charge in [0.15, 0.2) is 5.57 Å². The summed E-state index contributed by atoms with van der Waals surface area (Å²) >= 11 is 0. The lowest BCUT2D eigenvalue weighted by Crippen LogP contribution is -2.82. The van der Waals surface area contributed by atoms with E-state index in [-0.39, 0.29) is 5.75 Å². The number of nitrogens with zero attached hydrogens (tertiary/aromatic N) is 2. The van der Waals surface area contributed by atoms with Crippen LogP contribution in [-0.4, -0.2) is 10.9 Å². The van der Waals surface area contributed by atoms with Gasteiger partial charge >= 0.3 is 0 Å². The molecule has 2 aromatic rings. The number of rotatable bonds is 4. The molecule has 0 aliphatic heterocycles. The fraction of sp³-hybridized carbons (Fsp3) is 0.111. The van der Waals surface area contributed by atoms with Crippen molar-refractivity contribution in [3.05, 3.63) is 65.4 Å². The molecular weight excluding hydrogens is 302 g/mol. The minimum atomic E-state index is 0.0363. The number of nitriles is 1. The zero-order valence-electron chi connectivity index (χ0n) is 13.4. The number of phenolic OH excluding ortho intramolecular Hbond substituents is 1. The Kier molecular flexibility index (Phi) is 5.55. The Bertz CT molecular complexity index is 815. The quantitative estimate of drug-likeness (QED) is 0.224. The van der Waals surface area contributed by atoms with Gasteiger partial charge in [-0.2, -0.15) is 5.26 Å². The lowest BCUT2D eigenvalue weighted by molar-refractivity contribution is -0.442. The van der Waals surface area contributed by atoms with Crippen molar-refractivity contribution < 1.29 is 10.4 Å². The minimum absolute atomic E-state index is 0.0363. The molecule has 2 rings (SSSR count). The van der Waals surface area contributed by atoms with E-state index in [0.717, 1.165) is 11.3 Å². The van der Waals surface area contributed by atoms with Gasteiger partial charge in [-0.3, -0.25) is 5.32 Å². The van der Waals surface area contributed by atoms with Gasteiger partial charge in [-0.15, -0.1) is 0 Å². The van der Waals surface area contributed by atoms with Crippen molar-refractivity contribution in [2.75, 3.05) is 5.73 Å². The second-order valence-electron chi connectivity index (χ2n) is 5.32. The Morgan fingerprint density at radius 3 is 2.54 bits per heavy atom. The Hall–Kier alpha value is -3.30. The number of benzene rings is 2. The third kappa shape index (κ3) is 4.35. The number of para-hydroxylation sites is 1. The van der Waals surface area contributed by atoms with Gasteiger partial charge in [-0.1, -0.05) is 24.3 Å². The predicted molar refractivity (Wildman–Crippen MR) is 94.2 cm³/mol. The molecule has 0 aromatic heterocycles. The normalized spacial score (nSPS) is 12.4. The number of hydrogen-bond acceptors (Lipinski definition) is 5. The average Bonchev–Trinajstić information content (AvgIpc) is 2.56. The minimum Gasteiger partial charge on any atom is -0.506 e. The molecule has 2 aromatic carbocycles. The number of hydrogen-bond donors (Lipinski definition) is 4. The first-order valence-corrected chi connectivity index (χ1v) is 7.39. The second-order valence-corrected chi connectivity index (χ2v) is 5.32. The first kappa shape index (κ1) is 17.1. The van der Waals surface area contributed by atoms with Gasteiger partial charge in [0.1, 0.15) is 17.5 Å². The van der Waals surface area contributed by atoms with Crippen LogP contribution in [0.4, 0.5) is 11.4 Å². The Balaban J connectivity index is 2.32. The summed E-state index contributed by atoms with van der Waals surface area (Å²) in [6, 6.07) is 16.6. The number of quaternary nitrogens is 1. The zero-order valence-corrected chi connectivity index (χ0v) is 13.4. The molecule has 0 atom stereocenters.